The van der Waals surface area contributed by atoms with E-state index in [9.17, 15) is 9.18 Å². The second-order valence-electron chi connectivity index (χ2n) is 3.80. The van der Waals surface area contributed by atoms with Gasteiger partial charge in [0.05, 0.1) is 0 Å². The molecule has 0 saturated heterocycles. The van der Waals surface area contributed by atoms with Gasteiger partial charge in [0.15, 0.2) is 5.78 Å². The van der Waals surface area contributed by atoms with Gasteiger partial charge in [-0.15, -0.1) is 0 Å². The second-order valence-corrected chi connectivity index (χ2v) is 4.72. The smallest absolute Gasteiger partial charge is 0.193 e. The molecular formula is C14H10BrFO. The first kappa shape index (κ1) is 12.0. The molecule has 2 aromatic carbocycles. The van der Waals surface area contributed by atoms with E-state index in [1.807, 2.05) is 12.1 Å². The van der Waals surface area contributed by atoms with Crippen LogP contribution in [0.25, 0.3) is 0 Å². The van der Waals surface area contributed by atoms with Crippen molar-refractivity contribution in [2.45, 2.75) is 6.92 Å². The van der Waals surface area contributed by atoms with E-state index < -0.39 is 0 Å². The van der Waals surface area contributed by atoms with Crippen LogP contribution in [0.15, 0.2) is 46.9 Å². The van der Waals surface area contributed by atoms with Gasteiger partial charge in [-0.25, -0.2) is 4.39 Å². The zero-order valence-corrected chi connectivity index (χ0v) is 10.8. The molecule has 3 heteroatoms. The van der Waals surface area contributed by atoms with Crippen molar-refractivity contribution in [1.29, 1.82) is 0 Å². The van der Waals surface area contributed by atoms with Crippen LogP contribution in [0.1, 0.15) is 21.5 Å². The summed E-state index contributed by atoms with van der Waals surface area (Å²) in [5.41, 5.74) is 1.58. The molecule has 0 unspecified atom stereocenters. The quantitative estimate of drug-likeness (QED) is 0.761. The molecule has 0 radical (unpaired) electrons. The Kier molecular flexibility index (Phi) is 3.38. The fraction of sp³-hybridized carbons (Fsp3) is 0.0714. The molecule has 0 aromatic heterocycles. The molecule has 2 rings (SSSR count). The third-order valence-corrected chi connectivity index (χ3v) is 3.06. The minimum Gasteiger partial charge on any atom is -0.289 e. The lowest BCUT2D eigenvalue weighted by Gasteiger charge is -2.03. The summed E-state index contributed by atoms with van der Waals surface area (Å²) in [4.78, 5) is 12.1. The van der Waals surface area contributed by atoms with Crippen LogP contribution in [-0.2, 0) is 0 Å². The molecule has 0 bridgehead atoms. The predicted molar refractivity (Wildman–Crippen MR) is 68.7 cm³/mol. The number of aryl methyl sites for hydroxylation is 1. The SMILES string of the molecule is Cc1cc(C(=O)c2ccc(Br)cc2)ccc1F. The summed E-state index contributed by atoms with van der Waals surface area (Å²) < 4.78 is 14.0. The monoisotopic (exact) mass is 292 g/mol. The maximum Gasteiger partial charge on any atom is 0.193 e. The number of halogens is 2. The van der Waals surface area contributed by atoms with Crippen molar-refractivity contribution in [3.63, 3.8) is 0 Å². The van der Waals surface area contributed by atoms with Crippen LogP contribution in [-0.4, -0.2) is 5.78 Å². The molecule has 0 amide bonds. The maximum absolute atomic E-state index is 13.1. The molecule has 17 heavy (non-hydrogen) atoms. The summed E-state index contributed by atoms with van der Waals surface area (Å²) in [5.74, 6) is -0.391. The lowest BCUT2D eigenvalue weighted by molar-refractivity contribution is 0.103. The lowest BCUT2D eigenvalue weighted by Crippen LogP contribution is -2.01. The van der Waals surface area contributed by atoms with Crippen LogP contribution in [0, 0.1) is 12.7 Å². The summed E-state index contributed by atoms with van der Waals surface area (Å²) in [5, 5.41) is 0. The molecule has 0 spiro atoms. The highest BCUT2D eigenvalue weighted by atomic mass is 79.9. The predicted octanol–water partition coefficient (Wildman–Crippen LogP) is 4.13. The van der Waals surface area contributed by atoms with Crippen molar-refractivity contribution in [3.8, 4) is 0 Å². The van der Waals surface area contributed by atoms with Crippen molar-refractivity contribution in [2.75, 3.05) is 0 Å². The van der Waals surface area contributed by atoms with Crippen LogP contribution in [0.2, 0.25) is 0 Å². The van der Waals surface area contributed by atoms with E-state index in [0.29, 0.717) is 16.7 Å². The average molecular weight is 293 g/mol. The number of hydrogen-bond acceptors (Lipinski definition) is 1. The van der Waals surface area contributed by atoms with Crippen molar-refractivity contribution < 1.29 is 9.18 Å². The van der Waals surface area contributed by atoms with Crippen LogP contribution >= 0.6 is 15.9 Å². The van der Waals surface area contributed by atoms with Crippen molar-refractivity contribution in [3.05, 3.63) is 69.4 Å². The van der Waals surface area contributed by atoms with Crippen molar-refractivity contribution in [2.24, 2.45) is 0 Å². The van der Waals surface area contributed by atoms with Gasteiger partial charge < -0.3 is 0 Å². The lowest BCUT2D eigenvalue weighted by atomic mass is 10.0. The van der Waals surface area contributed by atoms with Gasteiger partial charge in [0.25, 0.3) is 0 Å². The van der Waals surface area contributed by atoms with Gasteiger partial charge in [0.1, 0.15) is 5.82 Å². The Morgan fingerprint density at radius 2 is 1.65 bits per heavy atom. The Balaban J connectivity index is 2.37. The minimum atomic E-state index is -0.294. The fourth-order valence-corrected chi connectivity index (χ4v) is 1.82. The summed E-state index contributed by atoms with van der Waals surface area (Å²) in [7, 11) is 0. The maximum atomic E-state index is 13.1. The van der Waals surface area contributed by atoms with Gasteiger partial charge in [-0.2, -0.15) is 0 Å². The summed E-state index contributed by atoms with van der Waals surface area (Å²) in [6, 6.07) is 11.5. The van der Waals surface area contributed by atoms with E-state index in [2.05, 4.69) is 15.9 Å². The zero-order chi connectivity index (χ0) is 12.4. The normalized spacial score (nSPS) is 10.3. The van der Waals surface area contributed by atoms with Gasteiger partial charge in [0.2, 0.25) is 0 Å². The fourth-order valence-electron chi connectivity index (χ4n) is 1.55. The number of ketones is 1. The summed E-state index contributed by atoms with van der Waals surface area (Å²) in [6.45, 7) is 1.65. The van der Waals surface area contributed by atoms with Crippen molar-refractivity contribution in [1.82, 2.24) is 0 Å². The van der Waals surface area contributed by atoms with E-state index in [1.54, 1.807) is 25.1 Å². The highest BCUT2D eigenvalue weighted by molar-refractivity contribution is 9.10. The Labute approximate surface area is 107 Å². The van der Waals surface area contributed by atoms with Gasteiger partial charge in [-0.3, -0.25) is 4.79 Å². The number of carbonyl (C=O) groups is 1. The third kappa shape index (κ3) is 2.61. The van der Waals surface area contributed by atoms with Crippen LogP contribution in [0.3, 0.4) is 0 Å². The van der Waals surface area contributed by atoms with E-state index in [1.165, 1.54) is 12.1 Å². The highest BCUT2D eigenvalue weighted by Crippen LogP contribution is 2.16. The number of hydrogen-bond donors (Lipinski definition) is 0. The molecule has 0 aliphatic rings. The van der Waals surface area contributed by atoms with Gasteiger partial charge in [-0.05, 0) is 55.0 Å². The third-order valence-electron chi connectivity index (χ3n) is 2.53. The molecule has 0 saturated carbocycles. The van der Waals surface area contributed by atoms with Crippen LogP contribution < -0.4 is 0 Å². The van der Waals surface area contributed by atoms with Gasteiger partial charge in [-0.1, -0.05) is 15.9 Å². The Bertz CT molecular complexity index is 561. The van der Waals surface area contributed by atoms with Crippen LogP contribution in [0.5, 0.6) is 0 Å². The highest BCUT2D eigenvalue weighted by Gasteiger charge is 2.10. The van der Waals surface area contributed by atoms with Crippen molar-refractivity contribution >= 4 is 21.7 Å². The largest absolute Gasteiger partial charge is 0.289 e. The Hall–Kier alpha value is -1.48. The molecule has 0 aliphatic carbocycles. The molecule has 0 heterocycles. The van der Waals surface area contributed by atoms with E-state index >= 15 is 0 Å². The first-order valence-corrected chi connectivity index (χ1v) is 5.93. The van der Waals surface area contributed by atoms with E-state index in [0.717, 1.165) is 4.47 Å². The summed E-state index contributed by atoms with van der Waals surface area (Å²) >= 11 is 3.31. The molecule has 0 aliphatic heterocycles. The van der Waals surface area contributed by atoms with Gasteiger partial charge in [0, 0.05) is 15.6 Å². The molecule has 0 N–H and O–H groups in total. The van der Waals surface area contributed by atoms with E-state index in [4.69, 9.17) is 0 Å². The number of rotatable bonds is 2. The Morgan fingerprint density at radius 1 is 1.06 bits per heavy atom. The molecule has 1 nitrogen and oxygen atoms in total. The molecule has 0 fully saturated rings. The number of benzene rings is 2. The Morgan fingerprint density at radius 3 is 2.24 bits per heavy atom. The molecule has 86 valence electrons. The van der Waals surface area contributed by atoms with E-state index in [-0.39, 0.29) is 11.6 Å². The first-order chi connectivity index (χ1) is 8.08. The standard InChI is InChI=1S/C14H10BrFO/c1-9-8-11(4-7-13(9)16)14(17)10-2-5-12(15)6-3-10/h2-8H,1H3. The second kappa shape index (κ2) is 4.80. The molecule has 2 aromatic rings. The zero-order valence-electron chi connectivity index (χ0n) is 9.21. The minimum absolute atomic E-state index is 0.0967. The van der Waals surface area contributed by atoms with Gasteiger partial charge >= 0.3 is 0 Å². The molecule has 0 atom stereocenters. The first-order valence-electron chi connectivity index (χ1n) is 5.14. The summed E-state index contributed by atoms with van der Waals surface area (Å²) in [6.07, 6.45) is 0. The number of carbonyl (C=O) groups excluding carboxylic acids is 1. The topological polar surface area (TPSA) is 17.1 Å². The van der Waals surface area contributed by atoms with Crippen LogP contribution in [0.4, 0.5) is 4.39 Å². The molecular weight excluding hydrogens is 283 g/mol. The average Bonchev–Trinajstić information content (AvgIpc) is 2.33.